The molecule has 2 N–H and O–H groups in total. The number of carbonyl (C=O) groups is 1. The molecule has 1 aromatic rings. The number of morpholine rings is 1. The number of anilines is 1. The molecular formula is C17H26N2O2. The highest BCUT2D eigenvalue weighted by molar-refractivity contribution is 5.77. The van der Waals surface area contributed by atoms with Crippen molar-refractivity contribution in [1.29, 1.82) is 0 Å². The Morgan fingerprint density at radius 3 is 2.62 bits per heavy atom. The number of rotatable bonds is 3. The number of ether oxygens (including phenoxy) is 1. The summed E-state index contributed by atoms with van der Waals surface area (Å²) in [7, 11) is 0. The molecule has 0 aliphatic carbocycles. The van der Waals surface area contributed by atoms with Gasteiger partial charge in [0.2, 0.25) is 5.91 Å². The Kier molecular flexibility index (Phi) is 4.57. The second kappa shape index (κ2) is 6.06. The quantitative estimate of drug-likeness (QED) is 0.871. The number of nitrogens with zero attached hydrogens (tertiary/aromatic N) is 1. The number of hydrogen-bond donors (Lipinski definition) is 1. The third-order valence-corrected chi connectivity index (χ3v) is 3.91. The van der Waals surface area contributed by atoms with Crippen LogP contribution in [0.15, 0.2) is 24.3 Å². The van der Waals surface area contributed by atoms with E-state index < -0.39 is 0 Å². The van der Waals surface area contributed by atoms with Gasteiger partial charge in [-0.1, -0.05) is 19.1 Å². The van der Waals surface area contributed by atoms with Crippen LogP contribution in [0, 0.1) is 0 Å². The number of nitrogens with two attached hydrogens (primary N) is 1. The van der Waals surface area contributed by atoms with Crippen LogP contribution in [0.2, 0.25) is 0 Å². The minimum atomic E-state index is -0.266. The maximum absolute atomic E-state index is 12.5. The van der Waals surface area contributed by atoms with Crippen LogP contribution < -0.4 is 5.73 Å². The van der Waals surface area contributed by atoms with Gasteiger partial charge in [-0.3, -0.25) is 4.79 Å². The summed E-state index contributed by atoms with van der Waals surface area (Å²) in [5.74, 6) is 0.391. The van der Waals surface area contributed by atoms with Gasteiger partial charge in [-0.05, 0) is 44.4 Å². The maximum Gasteiger partial charge on any atom is 0.223 e. The van der Waals surface area contributed by atoms with Crippen LogP contribution in [0.4, 0.5) is 5.69 Å². The zero-order chi connectivity index (χ0) is 15.6. The van der Waals surface area contributed by atoms with Gasteiger partial charge in [0.25, 0.3) is 0 Å². The second-order valence-corrected chi connectivity index (χ2v) is 6.73. The lowest BCUT2D eigenvalue weighted by molar-refractivity contribution is -0.158. The van der Waals surface area contributed by atoms with E-state index in [4.69, 9.17) is 10.5 Å². The van der Waals surface area contributed by atoms with Crippen molar-refractivity contribution in [2.45, 2.75) is 51.7 Å². The topological polar surface area (TPSA) is 55.6 Å². The molecule has 21 heavy (non-hydrogen) atoms. The molecule has 2 atom stereocenters. The average molecular weight is 290 g/mol. The van der Waals surface area contributed by atoms with Crippen molar-refractivity contribution < 1.29 is 9.53 Å². The molecule has 1 amide bonds. The molecular weight excluding hydrogens is 264 g/mol. The van der Waals surface area contributed by atoms with Crippen molar-refractivity contribution in [2.24, 2.45) is 0 Å². The lowest BCUT2D eigenvalue weighted by Crippen LogP contribution is -2.53. The summed E-state index contributed by atoms with van der Waals surface area (Å²) in [6, 6.07) is 7.77. The minimum Gasteiger partial charge on any atom is -0.399 e. The van der Waals surface area contributed by atoms with Crippen molar-refractivity contribution in [1.82, 2.24) is 4.90 Å². The molecule has 1 saturated heterocycles. The zero-order valence-electron chi connectivity index (χ0n) is 13.4. The fourth-order valence-corrected chi connectivity index (χ4v) is 2.98. The minimum absolute atomic E-state index is 0.0875. The lowest BCUT2D eigenvalue weighted by Gasteiger charge is -2.42. The summed E-state index contributed by atoms with van der Waals surface area (Å²) in [5, 5.41) is 0. The molecule has 116 valence electrons. The number of benzene rings is 1. The van der Waals surface area contributed by atoms with E-state index in [0.717, 1.165) is 11.3 Å². The summed E-state index contributed by atoms with van der Waals surface area (Å²) in [6.45, 7) is 9.50. The average Bonchev–Trinajstić information content (AvgIpc) is 2.36. The Morgan fingerprint density at radius 1 is 1.43 bits per heavy atom. The summed E-state index contributed by atoms with van der Waals surface area (Å²) in [6.07, 6.45) is 0.608. The van der Waals surface area contributed by atoms with E-state index in [0.29, 0.717) is 19.5 Å². The fourth-order valence-electron chi connectivity index (χ4n) is 2.98. The molecule has 1 aromatic carbocycles. The van der Waals surface area contributed by atoms with Gasteiger partial charge in [0, 0.05) is 25.2 Å². The fraction of sp³-hybridized carbons (Fsp3) is 0.588. The molecule has 0 spiro atoms. The number of hydrogen-bond acceptors (Lipinski definition) is 3. The monoisotopic (exact) mass is 290 g/mol. The standard InChI is InChI=1S/C17H26N2O2/c1-12(14-5-7-15(18)8-6-14)9-16(20)19-10-13(2)21-17(3,4)11-19/h5-8,12-13H,9-11,18H2,1-4H3. The normalized spacial score (nSPS) is 22.9. The highest BCUT2D eigenvalue weighted by Gasteiger charge is 2.33. The van der Waals surface area contributed by atoms with E-state index in [2.05, 4.69) is 6.92 Å². The van der Waals surface area contributed by atoms with Crippen LogP contribution in [-0.4, -0.2) is 35.6 Å². The first kappa shape index (κ1) is 15.8. The predicted octanol–water partition coefficient (Wildman–Crippen LogP) is 2.79. The Hall–Kier alpha value is -1.55. The molecule has 1 aliphatic heterocycles. The molecule has 2 unspecified atom stereocenters. The van der Waals surface area contributed by atoms with Crippen molar-refractivity contribution in [3.05, 3.63) is 29.8 Å². The van der Waals surface area contributed by atoms with Crippen molar-refractivity contribution >= 4 is 11.6 Å². The van der Waals surface area contributed by atoms with E-state index >= 15 is 0 Å². The van der Waals surface area contributed by atoms with Crippen molar-refractivity contribution in [2.75, 3.05) is 18.8 Å². The van der Waals surface area contributed by atoms with E-state index in [1.165, 1.54) is 0 Å². The summed E-state index contributed by atoms with van der Waals surface area (Å²) in [5.41, 5.74) is 7.34. The molecule has 4 nitrogen and oxygen atoms in total. The molecule has 1 heterocycles. The largest absolute Gasteiger partial charge is 0.399 e. The first-order chi connectivity index (χ1) is 9.77. The molecule has 0 saturated carbocycles. The Morgan fingerprint density at radius 2 is 2.05 bits per heavy atom. The summed E-state index contributed by atoms with van der Waals surface area (Å²) in [4.78, 5) is 14.5. The lowest BCUT2D eigenvalue weighted by atomic mass is 9.96. The van der Waals surface area contributed by atoms with Gasteiger partial charge in [-0.2, -0.15) is 0 Å². The molecule has 0 aromatic heterocycles. The molecule has 1 fully saturated rings. The number of amides is 1. The van der Waals surface area contributed by atoms with Crippen LogP contribution in [0.1, 0.15) is 45.6 Å². The first-order valence-electron chi connectivity index (χ1n) is 7.58. The van der Waals surface area contributed by atoms with Crippen LogP contribution in [-0.2, 0) is 9.53 Å². The van der Waals surface area contributed by atoms with Crippen molar-refractivity contribution in [3.8, 4) is 0 Å². The SMILES string of the molecule is CC1CN(C(=O)CC(C)c2ccc(N)cc2)CC(C)(C)O1. The maximum atomic E-state index is 12.5. The second-order valence-electron chi connectivity index (χ2n) is 6.73. The smallest absolute Gasteiger partial charge is 0.223 e. The van der Waals surface area contributed by atoms with E-state index in [9.17, 15) is 4.79 Å². The predicted molar refractivity (Wildman–Crippen MR) is 85.1 cm³/mol. The van der Waals surface area contributed by atoms with Crippen LogP contribution >= 0.6 is 0 Å². The van der Waals surface area contributed by atoms with Gasteiger partial charge < -0.3 is 15.4 Å². The van der Waals surface area contributed by atoms with E-state index in [-0.39, 0.29) is 23.5 Å². The van der Waals surface area contributed by atoms with Crippen LogP contribution in [0.25, 0.3) is 0 Å². The van der Waals surface area contributed by atoms with Gasteiger partial charge in [-0.25, -0.2) is 0 Å². The highest BCUT2D eigenvalue weighted by Crippen LogP contribution is 2.25. The Balaban J connectivity index is 1.99. The van der Waals surface area contributed by atoms with E-state index in [1.54, 1.807) is 0 Å². The summed E-state index contributed by atoms with van der Waals surface area (Å²) < 4.78 is 5.85. The number of carbonyl (C=O) groups excluding carboxylic acids is 1. The van der Waals surface area contributed by atoms with Gasteiger partial charge in [0.1, 0.15) is 0 Å². The van der Waals surface area contributed by atoms with Gasteiger partial charge in [0.15, 0.2) is 0 Å². The van der Waals surface area contributed by atoms with Crippen LogP contribution in [0.5, 0.6) is 0 Å². The van der Waals surface area contributed by atoms with E-state index in [1.807, 2.05) is 49.9 Å². The Labute approximate surface area is 127 Å². The number of nitrogen functional groups attached to an aromatic ring is 1. The molecule has 2 rings (SSSR count). The van der Waals surface area contributed by atoms with Gasteiger partial charge in [0.05, 0.1) is 11.7 Å². The summed E-state index contributed by atoms with van der Waals surface area (Å²) >= 11 is 0. The van der Waals surface area contributed by atoms with Crippen LogP contribution in [0.3, 0.4) is 0 Å². The molecule has 0 radical (unpaired) electrons. The van der Waals surface area contributed by atoms with Crippen molar-refractivity contribution in [3.63, 3.8) is 0 Å². The molecule has 0 bridgehead atoms. The first-order valence-corrected chi connectivity index (χ1v) is 7.58. The highest BCUT2D eigenvalue weighted by atomic mass is 16.5. The van der Waals surface area contributed by atoms with Gasteiger partial charge in [-0.15, -0.1) is 0 Å². The third-order valence-electron chi connectivity index (χ3n) is 3.91. The Bertz CT molecular complexity index is 496. The third kappa shape index (κ3) is 4.21. The molecule has 4 heteroatoms. The van der Waals surface area contributed by atoms with Gasteiger partial charge >= 0.3 is 0 Å². The zero-order valence-corrected chi connectivity index (χ0v) is 13.4. The molecule has 1 aliphatic rings.